The van der Waals surface area contributed by atoms with E-state index in [1.165, 1.54) is 17.8 Å². The van der Waals surface area contributed by atoms with Crippen LogP contribution in [0.1, 0.15) is 18.4 Å². The Kier molecular flexibility index (Phi) is 6.89. The number of benzene rings is 1. The van der Waals surface area contributed by atoms with Crippen molar-refractivity contribution in [1.29, 1.82) is 0 Å². The number of carbonyl (C=O) groups is 1. The number of piperidine rings is 1. The molecule has 1 aliphatic heterocycles. The van der Waals surface area contributed by atoms with E-state index >= 15 is 0 Å². The molecular weight excluding hydrogens is 425 g/mol. The Morgan fingerprint density at radius 2 is 2.00 bits per heavy atom. The van der Waals surface area contributed by atoms with E-state index in [4.69, 9.17) is 11.6 Å². The summed E-state index contributed by atoms with van der Waals surface area (Å²) >= 11 is 7.16. The van der Waals surface area contributed by atoms with Crippen LogP contribution in [0.15, 0.2) is 41.6 Å². The summed E-state index contributed by atoms with van der Waals surface area (Å²) in [7, 11) is 0. The molecule has 0 saturated carbocycles. The van der Waals surface area contributed by atoms with Gasteiger partial charge in [-0.2, -0.15) is 13.2 Å². The maximum absolute atomic E-state index is 13.6. The molecule has 0 radical (unpaired) electrons. The van der Waals surface area contributed by atoms with Gasteiger partial charge in [0.15, 0.2) is 5.16 Å². The van der Waals surface area contributed by atoms with E-state index in [1.54, 1.807) is 6.26 Å². The number of nitrogens with zero attached hydrogens (tertiary/aromatic N) is 3. The number of rotatable bonds is 5. The first-order valence-corrected chi connectivity index (χ1v) is 10.6. The van der Waals surface area contributed by atoms with Gasteiger partial charge in [-0.3, -0.25) is 4.79 Å². The lowest BCUT2D eigenvalue weighted by Crippen LogP contribution is -2.54. The van der Waals surface area contributed by atoms with Gasteiger partial charge in [-0.05, 0) is 24.7 Å². The predicted molar refractivity (Wildman–Crippen MR) is 107 cm³/mol. The van der Waals surface area contributed by atoms with Crippen LogP contribution in [0.5, 0.6) is 0 Å². The largest absolute Gasteiger partial charge is 0.408 e. The van der Waals surface area contributed by atoms with Crippen molar-refractivity contribution in [1.82, 2.24) is 15.3 Å². The topological polar surface area (TPSA) is 58.1 Å². The first-order chi connectivity index (χ1) is 13.8. The summed E-state index contributed by atoms with van der Waals surface area (Å²) in [6.07, 6.45) is -2.77. The maximum Gasteiger partial charge on any atom is 0.408 e. The lowest BCUT2D eigenvalue weighted by molar-refractivity contribution is -0.156. The molecule has 1 aromatic heterocycles. The van der Waals surface area contributed by atoms with Crippen LogP contribution in [0.4, 0.5) is 19.0 Å². The average molecular weight is 445 g/mol. The second-order valence-corrected chi connectivity index (χ2v) is 7.88. The van der Waals surface area contributed by atoms with Gasteiger partial charge in [0.05, 0.1) is 5.92 Å². The van der Waals surface area contributed by atoms with Gasteiger partial charge in [-0.25, -0.2) is 9.97 Å². The number of nitrogens with one attached hydrogen (secondary N) is 1. The standard InChI is InChI=1S/C19H20ClF3N4OS/c1-29-18-25-15(20)9-16(26-18)27-11-13(7-8-14(27)19(21,22)23)17(28)24-10-12-5-3-2-4-6-12/h2-6,9,13-14H,7-8,10-11H2,1H3,(H,24,28)/t13-,14-/m0/s1. The average Bonchev–Trinajstić information content (AvgIpc) is 2.71. The highest BCUT2D eigenvalue weighted by Crippen LogP contribution is 2.37. The molecule has 0 aliphatic carbocycles. The van der Waals surface area contributed by atoms with Gasteiger partial charge in [-0.1, -0.05) is 53.7 Å². The zero-order valence-electron chi connectivity index (χ0n) is 15.6. The molecule has 1 fully saturated rings. The molecule has 10 heteroatoms. The summed E-state index contributed by atoms with van der Waals surface area (Å²) in [5, 5.41) is 3.17. The Bertz CT molecular complexity index is 853. The molecule has 5 nitrogen and oxygen atoms in total. The number of carbonyl (C=O) groups excluding carboxylic acids is 1. The van der Waals surface area contributed by atoms with Gasteiger partial charge < -0.3 is 10.2 Å². The summed E-state index contributed by atoms with van der Waals surface area (Å²) in [4.78, 5) is 21.9. The van der Waals surface area contributed by atoms with Crippen molar-refractivity contribution < 1.29 is 18.0 Å². The van der Waals surface area contributed by atoms with Crippen molar-refractivity contribution in [3.63, 3.8) is 0 Å². The quantitative estimate of drug-likeness (QED) is 0.423. The first kappa shape index (κ1) is 21.7. The number of alkyl halides is 3. The molecule has 0 unspecified atom stereocenters. The molecular formula is C19H20ClF3N4OS. The molecule has 1 N–H and O–H groups in total. The van der Waals surface area contributed by atoms with Crippen LogP contribution >= 0.6 is 23.4 Å². The Balaban J connectivity index is 1.78. The smallest absolute Gasteiger partial charge is 0.352 e. The SMILES string of the molecule is CSc1nc(Cl)cc(N2C[C@@H](C(=O)NCc3ccccc3)CC[C@H]2C(F)(F)F)n1. The second kappa shape index (κ2) is 9.21. The van der Waals surface area contributed by atoms with Gasteiger partial charge in [0, 0.05) is 19.2 Å². The van der Waals surface area contributed by atoms with Crippen molar-refractivity contribution >= 4 is 35.1 Å². The zero-order chi connectivity index (χ0) is 21.0. The van der Waals surface area contributed by atoms with Gasteiger partial charge in [-0.15, -0.1) is 0 Å². The highest BCUT2D eigenvalue weighted by Gasteiger charge is 2.48. The summed E-state index contributed by atoms with van der Waals surface area (Å²) in [6, 6.07) is 8.93. The molecule has 1 aromatic carbocycles. The molecule has 1 aliphatic rings. The summed E-state index contributed by atoms with van der Waals surface area (Å²) in [5.41, 5.74) is 0.925. The number of amides is 1. The molecule has 2 atom stereocenters. The van der Waals surface area contributed by atoms with E-state index in [0.717, 1.165) is 10.5 Å². The lowest BCUT2D eigenvalue weighted by Gasteiger charge is -2.40. The van der Waals surface area contributed by atoms with E-state index in [-0.39, 0.29) is 41.4 Å². The predicted octanol–water partition coefficient (Wildman–Crippen LogP) is 4.32. The fourth-order valence-corrected chi connectivity index (χ4v) is 3.93. The van der Waals surface area contributed by atoms with Crippen LogP contribution in [-0.2, 0) is 11.3 Å². The highest BCUT2D eigenvalue weighted by atomic mass is 35.5. The normalized spacial score (nSPS) is 19.8. The molecule has 156 valence electrons. The second-order valence-electron chi connectivity index (χ2n) is 6.72. The van der Waals surface area contributed by atoms with Gasteiger partial charge in [0.25, 0.3) is 0 Å². The summed E-state index contributed by atoms with van der Waals surface area (Å²) in [5.74, 6) is -0.772. The van der Waals surface area contributed by atoms with Crippen LogP contribution in [0, 0.1) is 5.92 Å². The Morgan fingerprint density at radius 3 is 2.66 bits per heavy atom. The number of hydrogen-bond acceptors (Lipinski definition) is 5. The van der Waals surface area contributed by atoms with E-state index in [9.17, 15) is 18.0 Å². The molecule has 1 saturated heterocycles. The molecule has 0 bridgehead atoms. The zero-order valence-corrected chi connectivity index (χ0v) is 17.2. The van der Waals surface area contributed by atoms with E-state index in [2.05, 4.69) is 15.3 Å². The van der Waals surface area contributed by atoms with Crippen LogP contribution in [0.2, 0.25) is 5.15 Å². The van der Waals surface area contributed by atoms with Gasteiger partial charge in [0.1, 0.15) is 17.0 Å². The van der Waals surface area contributed by atoms with E-state index in [0.29, 0.717) is 6.54 Å². The Morgan fingerprint density at radius 1 is 1.28 bits per heavy atom. The molecule has 2 aromatic rings. The van der Waals surface area contributed by atoms with Gasteiger partial charge in [0.2, 0.25) is 5.91 Å². The van der Waals surface area contributed by atoms with Crippen LogP contribution in [0.25, 0.3) is 0 Å². The van der Waals surface area contributed by atoms with Crippen LogP contribution in [-0.4, -0.2) is 40.9 Å². The molecule has 0 spiro atoms. The van der Waals surface area contributed by atoms with Crippen molar-refractivity contribution in [2.24, 2.45) is 5.92 Å². The van der Waals surface area contributed by atoms with E-state index in [1.807, 2.05) is 30.3 Å². The number of hydrogen-bond donors (Lipinski definition) is 1. The number of halogens is 4. The molecule has 29 heavy (non-hydrogen) atoms. The van der Waals surface area contributed by atoms with Gasteiger partial charge >= 0.3 is 6.18 Å². The minimum Gasteiger partial charge on any atom is -0.352 e. The van der Waals surface area contributed by atoms with Crippen molar-refractivity contribution in [2.75, 3.05) is 17.7 Å². The Hall–Kier alpha value is -2.00. The van der Waals surface area contributed by atoms with Crippen molar-refractivity contribution in [3.05, 3.63) is 47.1 Å². The summed E-state index contributed by atoms with van der Waals surface area (Å²) < 4.78 is 40.9. The number of anilines is 1. The number of aromatic nitrogens is 2. The highest BCUT2D eigenvalue weighted by molar-refractivity contribution is 7.98. The van der Waals surface area contributed by atoms with Crippen LogP contribution < -0.4 is 10.2 Å². The lowest BCUT2D eigenvalue weighted by atomic mass is 9.91. The molecule has 2 heterocycles. The third kappa shape index (κ3) is 5.54. The third-order valence-electron chi connectivity index (χ3n) is 4.78. The minimum absolute atomic E-state index is 0.0657. The van der Waals surface area contributed by atoms with E-state index < -0.39 is 18.1 Å². The van der Waals surface area contributed by atoms with Crippen molar-refractivity contribution in [2.45, 2.75) is 36.8 Å². The monoisotopic (exact) mass is 444 g/mol. The molecule has 3 rings (SSSR count). The molecule has 1 amide bonds. The third-order valence-corrected chi connectivity index (χ3v) is 5.52. The minimum atomic E-state index is -4.44. The Labute approximate surface area is 176 Å². The summed E-state index contributed by atoms with van der Waals surface area (Å²) in [6.45, 7) is 0.237. The fourth-order valence-electron chi connectivity index (χ4n) is 3.33. The van der Waals surface area contributed by atoms with Crippen LogP contribution in [0.3, 0.4) is 0 Å². The fraction of sp³-hybridized carbons (Fsp3) is 0.421. The first-order valence-electron chi connectivity index (χ1n) is 9.01. The van der Waals surface area contributed by atoms with Crippen molar-refractivity contribution in [3.8, 4) is 0 Å². The maximum atomic E-state index is 13.6. The number of thioether (sulfide) groups is 1.